The quantitative estimate of drug-likeness (QED) is 0.813. The number of halogens is 1. The first-order valence-corrected chi connectivity index (χ1v) is 5.37. The summed E-state index contributed by atoms with van der Waals surface area (Å²) in [7, 11) is 0. The van der Waals surface area contributed by atoms with Crippen LogP contribution in [-0.2, 0) is 0 Å². The van der Waals surface area contributed by atoms with Gasteiger partial charge in [-0.1, -0.05) is 11.6 Å². The summed E-state index contributed by atoms with van der Waals surface area (Å²) in [6.07, 6.45) is -0.115. The van der Waals surface area contributed by atoms with E-state index in [4.69, 9.17) is 22.1 Å². The van der Waals surface area contributed by atoms with E-state index in [0.717, 1.165) is 0 Å². The lowest BCUT2D eigenvalue weighted by Crippen LogP contribution is -2.08. The van der Waals surface area contributed by atoms with Crippen molar-refractivity contribution in [3.05, 3.63) is 28.8 Å². The van der Waals surface area contributed by atoms with Gasteiger partial charge < -0.3 is 15.6 Å². The van der Waals surface area contributed by atoms with Crippen LogP contribution in [0.2, 0.25) is 5.02 Å². The minimum atomic E-state index is -0.616. The molecule has 0 aromatic heterocycles. The van der Waals surface area contributed by atoms with Crippen molar-refractivity contribution in [3.63, 3.8) is 0 Å². The Hall–Kier alpha value is -0.770. The van der Waals surface area contributed by atoms with E-state index in [2.05, 4.69) is 0 Å². The predicted molar refractivity (Wildman–Crippen MR) is 61.3 cm³/mol. The second kappa shape index (κ2) is 5.95. The van der Waals surface area contributed by atoms with Gasteiger partial charge in [0.1, 0.15) is 5.75 Å². The summed E-state index contributed by atoms with van der Waals surface area (Å²) >= 11 is 5.86. The van der Waals surface area contributed by atoms with Gasteiger partial charge in [0, 0.05) is 10.6 Å². The SMILES string of the molecule is CCOc1ccc(Cl)cc1[C@@H](O)CCN. The fourth-order valence-electron chi connectivity index (χ4n) is 1.38. The van der Waals surface area contributed by atoms with Crippen molar-refractivity contribution in [2.24, 2.45) is 5.73 Å². The Balaban J connectivity index is 2.95. The normalized spacial score (nSPS) is 12.5. The molecule has 0 fully saturated rings. The van der Waals surface area contributed by atoms with E-state index >= 15 is 0 Å². The standard InChI is InChI=1S/C11H16ClNO2/c1-2-15-11-4-3-8(12)7-9(11)10(14)5-6-13/h3-4,7,10,14H,2,5-6,13H2,1H3/t10-/m0/s1. The van der Waals surface area contributed by atoms with Crippen LogP contribution in [0.5, 0.6) is 5.75 Å². The van der Waals surface area contributed by atoms with E-state index in [1.54, 1.807) is 18.2 Å². The van der Waals surface area contributed by atoms with Gasteiger partial charge in [-0.15, -0.1) is 0 Å². The third-order valence-electron chi connectivity index (χ3n) is 2.07. The molecule has 84 valence electrons. The Labute approximate surface area is 94.8 Å². The summed E-state index contributed by atoms with van der Waals surface area (Å²) in [5.41, 5.74) is 6.10. The maximum atomic E-state index is 9.83. The number of rotatable bonds is 5. The third-order valence-corrected chi connectivity index (χ3v) is 2.31. The molecule has 0 bridgehead atoms. The Morgan fingerprint density at radius 1 is 1.53 bits per heavy atom. The molecule has 0 heterocycles. The van der Waals surface area contributed by atoms with E-state index in [1.807, 2.05) is 6.92 Å². The van der Waals surface area contributed by atoms with Gasteiger partial charge in [-0.2, -0.15) is 0 Å². The van der Waals surface area contributed by atoms with E-state index in [9.17, 15) is 5.11 Å². The van der Waals surface area contributed by atoms with Crippen molar-refractivity contribution in [2.45, 2.75) is 19.4 Å². The van der Waals surface area contributed by atoms with Crippen molar-refractivity contribution in [3.8, 4) is 5.75 Å². The largest absolute Gasteiger partial charge is 0.493 e. The zero-order chi connectivity index (χ0) is 11.3. The highest BCUT2D eigenvalue weighted by atomic mass is 35.5. The number of hydrogen-bond donors (Lipinski definition) is 2. The number of ether oxygens (including phenoxy) is 1. The molecule has 3 nitrogen and oxygen atoms in total. The Bertz CT molecular complexity index is 317. The van der Waals surface area contributed by atoms with Crippen molar-refractivity contribution in [2.75, 3.05) is 13.2 Å². The molecule has 1 rings (SSSR count). The first-order chi connectivity index (χ1) is 7.19. The first kappa shape index (κ1) is 12.3. The lowest BCUT2D eigenvalue weighted by Gasteiger charge is -2.15. The molecule has 0 saturated heterocycles. The van der Waals surface area contributed by atoms with Crippen molar-refractivity contribution >= 4 is 11.6 Å². The molecule has 0 radical (unpaired) electrons. The molecular formula is C11H16ClNO2. The highest BCUT2D eigenvalue weighted by molar-refractivity contribution is 6.30. The van der Waals surface area contributed by atoms with Crippen molar-refractivity contribution in [1.82, 2.24) is 0 Å². The minimum absolute atomic E-state index is 0.430. The third kappa shape index (κ3) is 3.38. The molecule has 0 aliphatic carbocycles. The molecule has 0 saturated carbocycles. The Morgan fingerprint density at radius 2 is 2.27 bits per heavy atom. The lowest BCUT2D eigenvalue weighted by atomic mass is 10.1. The van der Waals surface area contributed by atoms with Crippen LogP contribution in [0.3, 0.4) is 0 Å². The lowest BCUT2D eigenvalue weighted by molar-refractivity contribution is 0.164. The van der Waals surface area contributed by atoms with Crippen LogP contribution in [0.4, 0.5) is 0 Å². The van der Waals surface area contributed by atoms with Crippen LogP contribution in [-0.4, -0.2) is 18.3 Å². The fourth-order valence-corrected chi connectivity index (χ4v) is 1.56. The van der Waals surface area contributed by atoms with E-state index in [0.29, 0.717) is 35.9 Å². The Kier molecular flexibility index (Phi) is 4.88. The summed E-state index contributed by atoms with van der Waals surface area (Å²) in [5, 5.41) is 10.4. The second-order valence-corrected chi connectivity index (χ2v) is 3.64. The second-order valence-electron chi connectivity index (χ2n) is 3.21. The average molecular weight is 230 g/mol. The zero-order valence-corrected chi connectivity index (χ0v) is 9.50. The summed E-state index contributed by atoms with van der Waals surface area (Å²) in [4.78, 5) is 0. The summed E-state index contributed by atoms with van der Waals surface area (Å²) in [6, 6.07) is 5.22. The predicted octanol–water partition coefficient (Wildman–Crippen LogP) is 2.12. The van der Waals surface area contributed by atoms with Gasteiger partial charge in [-0.05, 0) is 38.1 Å². The number of aliphatic hydroxyl groups is 1. The fraction of sp³-hybridized carbons (Fsp3) is 0.455. The van der Waals surface area contributed by atoms with Crippen molar-refractivity contribution < 1.29 is 9.84 Å². The van der Waals surface area contributed by atoms with Gasteiger partial charge in [-0.3, -0.25) is 0 Å². The van der Waals surface area contributed by atoms with Gasteiger partial charge in [-0.25, -0.2) is 0 Å². The van der Waals surface area contributed by atoms with E-state index < -0.39 is 6.10 Å². The van der Waals surface area contributed by atoms with Crippen LogP contribution in [0.15, 0.2) is 18.2 Å². The van der Waals surface area contributed by atoms with Crippen LogP contribution in [0.25, 0.3) is 0 Å². The zero-order valence-electron chi connectivity index (χ0n) is 8.74. The Morgan fingerprint density at radius 3 is 2.87 bits per heavy atom. The van der Waals surface area contributed by atoms with E-state index in [-0.39, 0.29) is 0 Å². The van der Waals surface area contributed by atoms with Crippen LogP contribution in [0.1, 0.15) is 25.0 Å². The van der Waals surface area contributed by atoms with Crippen LogP contribution in [0, 0.1) is 0 Å². The number of aliphatic hydroxyl groups excluding tert-OH is 1. The molecule has 0 spiro atoms. The summed E-state index contributed by atoms with van der Waals surface area (Å²) in [5.74, 6) is 0.669. The highest BCUT2D eigenvalue weighted by Gasteiger charge is 2.13. The van der Waals surface area contributed by atoms with Crippen molar-refractivity contribution in [1.29, 1.82) is 0 Å². The minimum Gasteiger partial charge on any atom is -0.493 e. The topological polar surface area (TPSA) is 55.5 Å². The van der Waals surface area contributed by atoms with Gasteiger partial charge in [0.15, 0.2) is 0 Å². The highest BCUT2D eigenvalue weighted by Crippen LogP contribution is 2.29. The monoisotopic (exact) mass is 229 g/mol. The molecule has 0 aliphatic rings. The molecule has 1 atom stereocenters. The molecule has 4 heteroatoms. The number of hydrogen-bond acceptors (Lipinski definition) is 3. The summed E-state index contributed by atoms with van der Waals surface area (Å²) < 4.78 is 5.40. The van der Waals surface area contributed by atoms with Gasteiger partial charge in [0.25, 0.3) is 0 Å². The molecule has 0 unspecified atom stereocenters. The number of benzene rings is 1. The molecule has 0 amide bonds. The molecule has 1 aromatic rings. The van der Waals surface area contributed by atoms with Crippen LogP contribution >= 0.6 is 11.6 Å². The average Bonchev–Trinajstić information content (AvgIpc) is 2.21. The molecule has 3 N–H and O–H groups in total. The first-order valence-electron chi connectivity index (χ1n) is 4.99. The van der Waals surface area contributed by atoms with Gasteiger partial charge >= 0.3 is 0 Å². The molecule has 1 aromatic carbocycles. The van der Waals surface area contributed by atoms with E-state index in [1.165, 1.54) is 0 Å². The smallest absolute Gasteiger partial charge is 0.125 e. The molecular weight excluding hydrogens is 214 g/mol. The maximum Gasteiger partial charge on any atom is 0.125 e. The molecule has 0 aliphatic heterocycles. The maximum absolute atomic E-state index is 9.83. The van der Waals surface area contributed by atoms with Gasteiger partial charge in [0.05, 0.1) is 12.7 Å². The number of nitrogens with two attached hydrogens (primary N) is 1. The van der Waals surface area contributed by atoms with Crippen LogP contribution < -0.4 is 10.5 Å². The van der Waals surface area contributed by atoms with Gasteiger partial charge in [0.2, 0.25) is 0 Å². The molecule has 15 heavy (non-hydrogen) atoms. The summed E-state index contributed by atoms with van der Waals surface area (Å²) in [6.45, 7) is 2.89.